The van der Waals surface area contributed by atoms with E-state index in [0.29, 0.717) is 23.4 Å². The van der Waals surface area contributed by atoms with Gasteiger partial charge in [-0.25, -0.2) is 4.39 Å². The molecule has 1 saturated carbocycles. The Morgan fingerprint density at radius 3 is 2.71 bits per heavy atom. The van der Waals surface area contributed by atoms with E-state index in [2.05, 4.69) is 5.32 Å². The maximum absolute atomic E-state index is 13.9. The number of carbonyl (C=O) groups is 2. The van der Waals surface area contributed by atoms with Crippen LogP contribution < -0.4 is 5.32 Å². The van der Waals surface area contributed by atoms with Gasteiger partial charge in [0.15, 0.2) is 0 Å². The molecule has 1 aliphatic carbocycles. The SMILES string of the molecule is O=C1CC[C@@H](C(=O)N(Cc2c(F)cccc2Cl)C2CC2)N1. The number of carbonyl (C=O) groups excluding carboxylic acids is 2. The second-order valence-corrected chi connectivity index (χ2v) is 5.96. The number of amides is 2. The van der Waals surface area contributed by atoms with Gasteiger partial charge in [-0.15, -0.1) is 0 Å². The Labute approximate surface area is 127 Å². The molecule has 1 saturated heterocycles. The van der Waals surface area contributed by atoms with Crippen molar-refractivity contribution < 1.29 is 14.0 Å². The lowest BCUT2D eigenvalue weighted by Crippen LogP contribution is -2.45. The van der Waals surface area contributed by atoms with Gasteiger partial charge >= 0.3 is 0 Å². The second-order valence-electron chi connectivity index (χ2n) is 5.56. The molecule has 2 fully saturated rings. The first-order valence-electron chi connectivity index (χ1n) is 7.09. The summed E-state index contributed by atoms with van der Waals surface area (Å²) in [5.41, 5.74) is 0.337. The molecule has 112 valence electrons. The van der Waals surface area contributed by atoms with E-state index in [1.807, 2.05) is 0 Å². The Bertz CT molecular complexity index is 569. The van der Waals surface area contributed by atoms with E-state index in [0.717, 1.165) is 12.8 Å². The van der Waals surface area contributed by atoms with Crippen molar-refractivity contribution in [3.63, 3.8) is 0 Å². The highest BCUT2D eigenvalue weighted by molar-refractivity contribution is 6.31. The third-order valence-electron chi connectivity index (χ3n) is 3.95. The fourth-order valence-corrected chi connectivity index (χ4v) is 2.85. The first-order chi connectivity index (χ1) is 10.1. The summed E-state index contributed by atoms with van der Waals surface area (Å²) >= 11 is 6.04. The number of rotatable bonds is 4. The fourth-order valence-electron chi connectivity index (χ4n) is 2.63. The molecule has 1 aromatic carbocycles. The summed E-state index contributed by atoms with van der Waals surface area (Å²) in [4.78, 5) is 25.5. The van der Waals surface area contributed by atoms with E-state index in [1.165, 1.54) is 6.07 Å². The minimum Gasteiger partial charge on any atom is -0.344 e. The summed E-state index contributed by atoms with van der Waals surface area (Å²) in [6.07, 6.45) is 2.71. The molecule has 0 spiro atoms. The summed E-state index contributed by atoms with van der Waals surface area (Å²) < 4.78 is 13.9. The molecule has 21 heavy (non-hydrogen) atoms. The summed E-state index contributed by atoms with van der Waals surface area (Å²) in [7, 11) is 0. The van der Waals surface area contributed by atoms with Crippen molar-refractivity contribution in [3.05, 3.63) is 34.6 Å². The molecule has 0 unspecified atom stereocenters. The Morgan fingerprint density at radius 2 is 2.14 bits per heavy atom. The van der Waals surface area contributed by atoms with Gasteiger partial charge in [-0.2, -0.15) is 0 Å². The van der Waals surface area contributed by atoms with Crippen molar-refractivity contribution in [2.45, 2.75) is 44.3 Å². The van der Waals surface area contributed by atoms with Crippen LogP contribution in [0.1, 0.15) is 31.2 Å². The summed E-state index contributed by atoms with van der Waals surface area (Å²) in [5.74, 6) is -0.646. The first kappa shape index (κ1) is 14.3. The van der Waals surface area contributed by atoms with Crippen LogP contribution in [0.2, 0.25) is 5.02 Å². The van der Waals surface area contributed by atoms with Gasteiger partial charge in [-0.3, -0.25) is 9.59 Å². The summed E-state index contributed by atoms with van der Waals surface area (Å²) in [6.45, 7) is 0.154. The Kier molecular flexibility index (Phi) is 3.85. The van der Waals surface area contributed by atoms with E-state index in [4.69, 9.17) is 11.6 Å². The minimum absolute atomic E-state index is 0.104. The molecule has 1 atom stereocenters. The highest BCUT2D eigenvalue weighted by atomic mass is 35.5. The number of halogens is 2. The van der Waals surface area contributed by atoms with Crippen LogP contribution in [0.15, 0.2) is 18.2 Å². The third kappa shape index (κ3) is 3.02. The molecule has 1 heterocycles. The maximum atomic E-state index is 13.9. The van der Waals surface area contributed by atoms with Gasteiger partial charge in [-0.1, -0.05) is 17.7 Å². The number of nitrogens with zero attached hydrogens (tertiary/aromatic N) is 1. The highest BCUT2D eigenvalue weighted by Crippen LogP contribution is 2.31. The predicted molar refractivity (Wildman–Crippen MR) is 76.1 cm³/mol. The zero-order chi connectivity index (χ0) is 15.0. The van der Waals surface area contributed by atoms with E-state index in [9.17, 15) is 14.0 Å². The quantitative estimate of drug-likeness (QED) is 0.927. The molecule has 6 heteroatoms. The maximum Gasteiger partial charge on any atom is 0.245 e. The minimum atomic E-state index is -0.483. The van der Waals surface area contributed by atoms with Crippen LogP contribution in [0.3, 0.4) is 0 Å². The van der Waals surface area contributed by atoms with Crippen molar-refractivity contribution in [2.75, 3.05) is 0 Å². The predicted octanol–water partition coefficient (Wildman–Crippen LogP) is 2.25. The Hall–Kier alpha value is -1.62. The van der Waals surface area contributed by atoms with Gasteiger partial charge in [-0.05, 0) is 31.4 Å². The van der Waals surface area contributed by atoms with Crippen LogP contribution in [0.5, 0.6) is 0 Å². The first-order valence-corrected chi connectivity index (χ1v) is 7.47. The van der Waals surface area contributed by atoms with Gasteiger partial charge in [0.05, 0.1) is 6.54 Å². The van der Waals surface area contributed by atoms with Crippen LogP contribution in [-0.4, -0.2) is 28.8 Å². The summed E-state index contributed by atoms with van der Waals surface area (Å²) in [5, 5.41) is 3.00. The third-order valence-corrected chi connectivity index (χ3v) is 4.31. The average Bonchev–Trinajstić information content (AvgIpc) is 3.19. The monoisotopic (exact) mass is 310 g/mol. The second kappa shape index (κ2) is 5.64. The van der Waals surface area contributed by atoms with Crippen molar-refractivity contribution in [2.24, 2.45) is 0 Å². The molecule has 4 nitrogen and oxygen atoms in total. The molecule has 0 radical (unpaired) electrons. The molecule has 0 aromatic heterocycles. The van der Waals surface area contributed by atoms with Crippen molar-refractivity contribution in [1.82, 2.24) is 10.2 Å². The summed E-state index contributed by atoms with van der Waals surface area (Å²) in [6, 6.07) is 4.15. The van der Waals surface area contributed by atoms with E-state index in [1.54, 1.807) is 17.0 Å². The van der Waals surface area contributed by atoms with Crippen LogP contribution >= 0.6 is 11.6 Å². The van der Waals surface area contributed by atoms with E-state index >= 15 is 0 Å². The van der Waals surface area contributed by atoms with E-state index < -0.39 is 11.9 Å². The van der Waals surface area contributed by atoms with Gasteiger partial charge in [0.1, 0.15) is 11.9 Å². The molecule has 2 aliphatic rings. The Balaban J connectivity index is 1.79. The Morgan fingerprint density at radius 1 is 1.38 bits per heavy atom. The number of benzene rings is 1. The highest BCUT2D eigenvalue weighted by Gasteiger charge is 2.38. The lowest BCUT2D eigenvalue weighted by atomic mass is 10.1. The zero-order valence-corrected chi connectivity index (χ0v) is 12.2. The van der Waals surface area contributed by atoms with Gasteiger partial charge < -0.3 is 10.2 Å². The fraction of sp³-hybridized carbons (Fsp3) is 0.467. The lowest BCUT2D eigenvalue weighted by Gasteiger charge is -2.26. The molecule has 3 rings (SSSR count). The molecule has 1 aromatic rings. The van der Waals surface area contributed by atoms with Crippen LogP contribution in [-0.2, 0) is 16.1 Å². The normalized spacial score (nSPS) is 21.2. The molecule has 2 amide bonds. The zero-order valence-electron chi connectivity index (χ0n) is 11.4. The van der Waals surface area contributed by atoms with Crippen molar-refractivity contribution in [1.29, 1.82) is 0 Å². The largest absolute Gasteiger partial charge is 0.344 e. The topological polar surface area (TPSA) is 49.4 Å². The van der Waals surface area contributed by atoms with Crippen LogP contribution in [0, 0.1) is 5.82 Å². The van der Waals surface area contributed by atoms with Gasteiger partial charge in [0.25, 0.3) is 0 Å². The molecular weight excluding hydrogens is 295 g/mol. The van der Waals surface area contributed by atoms with Gasteiger partial charge in [0, 0.05) is 23.0 Å². The van der Waals surface area contributed by atoms with Crippen LogP contribution in [0.4, 0.5) is 4.39 Å². The average molecular weight is 311 g/mol. The van der Waals surface area contributed by atoms with Gasteiger partial charge in [0.2, 0.25) is 11.8 Å². The van der Waals surface area contributed by atoms with Crippen LogP contribution in [0.25, 0.3) is 0 Å². The standard InChI is InChI=1S/C15H16ClFN2O2/c16-11-2-1-3-12(17)10(11)8-19(9-4-5-9)15(21)13-6-7-14(20)18-13/h1-3,9,13H,4-8H2,(H,18,20)/t13-/m0/s1. The number of nitrogens with one attached hydrogen (secondary N) is 1. The van der Waals surface area contributed by atoms with Crippen molar-refractivity contribution >= 4 is 23.4 Å². The van der Waals surface area contributed by atoms with Crippen molar-refractivity contribution in [3.8, 4) is 0 Å². The molecule has 1 aliphatic heterocycles. The molecule has 1 N–H and O–H groups in total. The van der Waals surface area contributed by atoms with E-state index in [-0.39, 0.29) is 24.4 Å². The number of hydrogen-bond donors (Lipinski definition) is 1. The number of hydrogen-bond acceptors (Lipinski definition) is 2. The molecular formula is C15H16ClFN2O2. The smallest absolute Gasteiger partial charge is 0.245 e. The lowest BCUT2D eigenvalue weighted by molar-refractivity contribution is -0.135. The molecule has 0 bridgehead atoms.